The zero-order valence-corrected chi connectivity index (χ0v) is 12.2. The lowest BCUT2D eigenvalue weighted by Crippen LogP contribution is -2.34. The van der Waals surface area contributed by atoms with Crippen LogP contribution in [0.4, 0.5) is 5.82 Å². The number of benzene rings is 1. The van der Waals surface area contributed by atoms with Crippen LogP contribution in [0.1, 0.15) is 16.8 Å². The highest BCUT2D eigenvalue weighted by molar-refractivity contribution is 7.99. The minimum atomic E-state index is -0.00685. The Labute approximate surface area is 122 Å². The number of carbonyl (C=O) groups is 1. The minimum absolute atomic E-state index is 0.00685. The van der Waals surface area contributed by atoms with E-state index in [1.807, 2.05) is 49.1 Å². The molecular weight excluding hydrogens is 270 g/mol. The first-order chi connectivity index (χ1) is 9.78. The predicted molar refractivity (Wildman–Crippen MR) is 84.5 cm³/mol. The number of hydrogen-bond donors (Lipinski definition) is 2. The summed E-state index contributed by atoms with van der Waals surface area (Å²) in [4.78, 5) is 17.0. The maximum atomic E-state index is 12.5. The summed E-state index contributed by atoms with van der Waals surface area (Å²) in [5, 5.41) is 7.03. The number of nitrogens with zero attached hydrogens (tertiary/aromatic N) is 1. The van der Waals surface area contributed by atoms with E-state index in [1.165, 1.54) is 0 Å². The van der Waals surface area contributed by atoms with Crippen molar-refractivity contribution in [2.45, 2.75) is 12.5 Å². The Morgan fingerprint density at radius 3 is 3.00 bits per heavy atom. The highest BCUT2D eigenvalue weighted by atomic mass is 32.2. The molecule has 1 saturated heterocycles. The van der Waals surface area contributed by atoms with Gasteiger partial charge in [-0.25, -0.2) is 4.98 Å². The van der Waals surface area contributed by atoms with Crippen molar-refractivity contribution in [2.24, 2.45) is 0 Å². The summed E-state index contributed by atoms with van der Waals surface area (Å²) in [5.74, 6) is 2.85. The van der Waals surface area contributed by atoms with Crippen LogP contribution in [0.3, 0.4) is 0 Å². The van der Waals surface area contributed by atoms with Gasteiger partial charge in [0, 0.05) is 24.2 Å². The molecule has 5 heteroatoms. The normalized spacial score (nSPS) is 18.1. The molecule has 2 aromatic rings. The Kier molecular flexibility index (Phi) is 3.78. The van der Waals surface area contributed by atoms with Gasteiger partial charge in [-0.05, 0) is 24.3 Å². The lowest BCUT2D eigenvalue weighted by molar-refractivity contribution is 0.0943. The van der Waals surface area contributed by atoms with Gasteiger partial charge in [0.05, 0.1) is 11.1 Å². The molecule has 1 aliphatic heterocycles. The molecule has 2 heterocycles. The number of para-hydroxylation sites is 1. The number of thioether (sulfide) groups is 1. The van der Waals surface area contributed by atoms with Crippen molar-refractivity contribution in [2.75, 3.05) is 23.9 Å². The molecule has 1 unspecified atom stereocenters. The quantitative estimate of drug-likeness (QED) is 0.911. The van der Waals surface area contributed by atoms with Crippen LogP contribution in [0.25, 0.3) is 10.9 Å². The fourth-order valence-electron chi connectivity index (χ4n) is 2.40. The maximum absolute atomic E-state index is 12.5. The van der Waals surface area contributed by atoms with Crippen molar-refractivity contribution in [3.63, 3.8) is 0 Å². The van der Waals surface area contributed by atoms with Crippen LogP contribution in [0.5, 0.6) is 0 Å². The van der Waals surface area contributed by atoms with Crippen molar-refractivity contribution in [1.29, 1.82) is 0 Å². The van der Waals surface area contributed by atoms with Crippen LogP contribution in [-0.2, 0) is 0 Å². The van der Waals surface area contributed by atoms with Gasteiger partial charge in [-0.1, -0.05) is 18.2 Å². The second-order valence-corrected chi connectivity index (χ2v) is 6.01. The third-order valence-electron chi connectivity index (χ3n) is 3.48. The number of anilines is 1. The van der Waals surface area contributed by atoms with Gasteiger partial charge in [0.2, 0.25) is 0 Å². The number of aromatic nitrogens is 1. The number of fused-ring (bicyclic) bond motifs is 1. The van der Waals surface area contributed by atoms with E-state index in [-0.39, 0.29) is 11.9 Å². The number of rotatable bonds is 3. The second-order valence-electron chi connectivity index (χ2n) is 4.86. The molecule has 2 N–H and O–H groups in total. The molecule has 1 atom stereocenters. The summed E-state index contributed by atoms with van der Waals surface area (Å²) in [6.07, 6.45) is 1.05. The standard InChI is InChI=1S/C15H17N3OS/c1-16-14-8-12(11-4-2-3-5-13(11)18-14)15(19)17-10-6-7-20-9-10/h2-5,8,10H,6-7,9H2,1H3,(H,16,18)(H,17,19). The van der Waals surface area contributed by atoms with E-state index in [9.17, 15) is 4.79 Å². The van der Waals surface area contributed by atoms with E-state index >= 15 is 0 Å². The SMILES string of the molecule is CNc1cc(C(=O)NC2CCSC2)c2ccccc2n1. The molecule has 0 bridgehead atoms. The molecule has 4 nitrogen and oxygen atoms in total. The second kappa shape index (κ2) is 5.71. The highest BCUT2D eigenvalue weighted by Gasteiger charge is 2.20. The zero-order chi connectivity index (χ0) is 13.9. The summed E-state index contributed by atoms with van der Waals surface area (Å²) in [5.41, 5.74) is 1.53. The fraction of sp³-hybridized carbons (Fsp3) is 0.333. The molecule has 0 radical (unpaired) electrons. The number of carbonyl (C=O) groups excluding carboxylic acids is 1. The van der Waals surface area contributed by atoms with E-state index in [0.29, 0.717) is 5.56 Å². The first kappa shape index (κ1) is 13.2. The smallest absolute Gasteiger partial charge is 0.252 e. The number of pyridine rings is 1. The molecule has 1 fully saturated rings. The molecule has 1 amide bonds. The van der Waals surface area contributed by atoms with Crippen LogP contribution >= 0.6 is 11.8 Å². The molecule has 0 spiro atoms. The van der Waals surface area contributed by atoms with Crippen molar-refractivity contribution in [3.8, 4) is 0 Å². The third-order valence-corrected chi connectivity index (χ3v) is 4.64. The average Bonchev–Trinajstić information content (AvgIpc) is 2.98. The van der Waals surface area contributed by atoms with Crippen molar-refractivity contribution >= 4 is 34.4 Å². The molecule has 1 aromatic heterocycles. The minimum Gasteiger partial charge on any atom is -0.373 e. The molecule has 0 saturated carbocycles. The Bertz CT molecular complexity index is 638. The maximum Gasteiger partial charge on any atom is 0.252 e. The van der Waals surface area contributed by atoms with E-state index in [2.05, 4.69) is 15.6 Å². The Balaban J connectivity index is 1.97. The van der Waals surface area contributed by atoms with Crippen LogP contribution in [0.15, 0.2) is 30.3 Å². The van der Waals surface area contributed by atoms with Gasteiger partial charge in [0.25, 0.3) is 5.91 Å². The molecule has 1 aromatic carbocycles. The summed E-state index contributed by atoms with van der Waals surface area (Å²) in [6, 6.07) is 9.85. The molecule has 0 aliphatic carbocycles. The molecular formula is C15H17N3OS. The Morgan fingerprint density at radius 2 is 2.25 bits per heavy atom. The van der Waals surface area contributed by atoms with E-state index in [4.69, 9.17) is 0 Å². The van der Waals surface area contributed by atoms with Crippen LogP contribution in [-0.4, -0.2) is 35.5 Å². The van der Waals surface area contributed by atoms with Crippen LogP contribution in [0, 0.1) is 0 Å². The number of hydrogen-bond acceptors (Lipinski definition) is 4. The molecule has 1 aliphatic rings. The van der Waals surface area contributed by atoms with E-state index < -0.39 is 0 Å². The average molecular weight is 287 g/mol. The van der Waals surface area contributed by atoms with Crippen molar-refractivity contribution < 1.29 is 4.79 Å². The molecule has 3 rings (SSSR count). The van der Waals surface area contributed by atoms with Gasteiger partial charge in [-0.3, -0.25) is 4.79 Å². The fourth-order valence-corrected chi connectivity index (χ4v) is 3.56. The summed E-state index contributed by atoms with van der Waals surface area (Å²) >= 11 is 1.89. The zero-order valence-electron chi connectivity index (χ0n) is 11.3. The number of amides is 1. The van der Waals surface area contributed by atoms with E-state index in [1.54, 1.807) is 0 Å². The van der Waals surface area contributed by atoms with Gasteiger partial charge in [-0.15, -0.1) is 0 Å². The third kappa shape index (κ3) is 2.58. The van der Waals surface area contributed by atoms with Gasteiger partial charge in [0.15, 0.2) is 0 Å². The lowest BCUT2D eigenvalue weighted by Gasteiger charge is -2.13. The monoisotopic (exact) mass is 287 g/mol. The summed E-state index contributed by atoms with van der Waals surface area (Å²) in [7, 11) is 1.81. The molecule has 104 valence electrons. The Morgan fingerprint density at radius 1 is 1.40 bits per heavy atom. The number of nitrogens with one attached hydrogen (secondary N) is 2. The topological polar surface area (TPSA) is 54.0 Å². The Hall–Kier alpha value is -1.75. The van der Waals surface area contributed by atoms with Crippen LogP contribution < -0.4 is 10.6 Å². The summed E-state index contributed by atoms with van der Waals surface area (Å²) < 4.78 is 0. The largest absolute Gasteiger partial charge is 0.373 e. The van der Waals surface area contributed by atoms with E-state index in [0.717, 1.165) is 34.6 Å². The van der Waals surface area contributed by atoms with Gasteiger partial charge in [-0.2, -0.15) is 11.8 Å². The highest BCUT2D eigenvalue weighted by Crippen LogP contribution is 2.22. The van der Waals surface area contributed by atoms with Crippen LogP contribution in [0.2, 0.25) is 0 Å². The first-order valence-corrected chi connectivity index (χ1v) is 7.89. The summed E-state index contributed by atoms with van der Waals surface area (Å²) in [6.45, 7) is 0. The van der Waals surface area contributed by atoms with Crippen molar-refractivity contribution in [1.82, 2.24) is 10.3 Å². The van der Waals surface area contributed by atoms with Gasteiger partial charge in [0.1, 0.15) is 5.82 Å². The lowest BCUT2D eigenvalue weighted by atomic mass is 10.1. The predicted octanol–water partition coefficient (Wildman–Crippen LogP) is 2.51. The van der Waals surface area contributed by atoms with Gasteiger partial charge >= 0.3 is 0 Å². The first-order valence-electron chi connectivity index (χ1n) is 6.74. The van der Waals surface area contributed by atoms with Gasteiger partial charge < -0.3 is 10.6 Å². The van der Waals surface area contributed by atoms with Crippen molar-refractivity contribution in [3.05, 3.63) is 35.9 Å². The molecule has 20 heavy (non-hydrogen) atoms.